The zero-order chi connectivity index (χ0) is 14.2. The van der Waals surface area contributed by atoms with Crippen molar-refractivity contribution in [2.75, 3.05) is 17.7 Å². The predicted octanol–water partition coefficient (Wildman–Crippen LogP) is 0.804. The quantitative estimate of drug-likeness (QED) is 0.887. The lowest BCUT2D eigenvalue weighted by molar-refractivity contribution is 0.0982. The van der Waals surface area contributed by atoms with Gasteiger partial charge in [0.1, 0.15) is 11.5 Å². The summed E-state index contributed by atoms with van der Waals surface area (Å²) in [7, 11) is 3.48. The van der Waals surface area contributed by atoms with Crippen molar-refractivity contribution in [3.8, 4) is 0 Å². The molecule has 7 heteroatoms. The van der Waals surface area contributed by atoms with Gasteiger partial charge in [0, 0.05) is 26.7 Å². The number of amides is 1. The van der Waals surface area contributed by atoms with Crippen LogP contribution < -0.4 is 10.6 Å². The van der Waals surface area contributed by atoms with Gasteiger partial charge in [0.05, 0.1) is 17.6 Å². The smallest absolute Gasteiger partial charge is 0.279 e. The highest BCUT2D eigenvalue weighted by Crippen LogP contribution is 2.21. The Morgan fingerprint density at radius 3 is 2.74 bits per heavy atom. The Bertz CT molecular complexity index is 612. The molecule has 0 aliphatic heterocycles. The van der Waals surface area contributed by atoms with Crippen LogP contribution in [-0.2, 0) is 13.6 Å². The van der Waals surface area contributed by atoms with Crippen LogP contribution in [0.3, 0.4) is 0 Å². The number of nitrogens with two attached hydrogens (primary N) is 1. The number of rotatable bonds is 3. The van der Waals surface area contributed by atoms with Crippen molar-refractivity contribution in [1.29, 1.82) is 0 Å². The molecule has 1 amide bonds. The van der Waals surface area contributed by atoms with E-state index in [2.05, 4.69) is 10.2 Å². The highest BCUT2D eigenvalue weighted by atomic mass is 16.2. The van der Waals surface area contributed by atoms with Crippen molar-refractivity contribution in [2.45, 2.75) is 20.4 Å². The maximum Gasteiger partial charge on any atom is 0.279 e. The van der Waals surface area contributed by atoms with Crippen LogP contribution in [0, 0.1) is 6.92 Å². The highest BCUT2D eigenvalue weighted by molar-refractivity contribution is 6.07. The fraction of sp³-hybridized carbons (Fsp3) is 0.417. The van der Waals surface area contributed by atoms with Gasteiger partial charge in [-0.15, -0.1) is 0 Å². The van der Waals surface area contributed by atoms with Gasteiger partial charge in [-0.2, -0.15) is 10.2 Å². The minimum atomic E-state index is -0.191. The Morgan fingerprint density at radius 2 is 2.21 bits per heavy atom. The molecular weight excluding hydrogens is 244 g/mol. The van der Waals surface area contributed by atoms with E-state index in [0.717, 1.165) is 0 Å². The van der Waals surface area contributed by atoms with Crippen molar-refractivity contribution >= 4 is 17.4 Å². The first-order chi connectivity index (χ1) is 8.97. The normalized spacial score (nSPS) is 10.7. The summed E-state index contributed by atoms with van der Waals surface area (Å²) in [6, 6.07) is 1.77. The molecule has 0 atom stereocenters. The highest BCUT2D eigenvalue weighted by Gasteiger charge is 2.24. The van der Waals surface area contributed by atoms with Gasteiger partial charge in [-0.1, -0.05) is 0 Å². The average molecular weight is 262 g/mol. The minimum absolute atomic E-state index is 0.191. The molecule has 2 aromatic heterocycles. The summed E-state index contributed by atoms with van der Waals surface area (Å²) >= 11 is 0. The second kappa shape index (κ2) is 4.75. The van der Waals surface area contributed by atoms with Crippen LogP contribution in [0.4, 0.5) is 11.5 Å². The Balaban J connectivity index is 2.42. The molecule has 0 saturated heterocycles. The Morgan fingerprint density at radius 1 is 1.53 bits per heavy atom. The van der Waals surface area contributed by atoms with Crippen molar-refractivity contribution in [2.24, 2.45) is 7.05 Å². The van der Waals surface area contributed by atoms with E-state index >= 15 is 0 Å². The van der Waals surface area contributed by atoms with Crippen LogP contribution in [0.15, 0.2) is 12.3 Å². The molecule has 0 unspecified atom stereocenters. The number of nitrogen functional groups attached to an aromatic ring is 1. The predicted molar refractivity (Wildman–Crippen MR) is 73.0 cm³/mol. The van der Waals surface area contributed by atoms with Crippen LogP contribution in [-0.4, -0.2) is 32.5 Å². The first kappa shape index (κ1) is 13.1. The molecule has 0 radical (unpaired) electrons. The lowest BCUT2D eigenvalue weighted by atomic mass is 10.2. The van der Waals surface area contributed by atoms with E-state index < -0.39 is 0 Å². The fourth-order valence-corrected chi connectivity index (χ4v) is 2.01. The number of aryl methyl sites for hydroxylation is 3. The molecule has 0 spiro atoms. The van der Waals surface area contributed by atoms with Gasteiger partial charge in [-0.05, 0) is 13.8 Å². The molecule has 2 aromatic rings. The van der Waals surface area contributed by atoms with E-state index in [4.69, 9.17) is 5.73 Å². The number of carbonyl (C=O) groups excluding carboxylic acids is 1. The standard InChI is InChI=1S/C12H18N6O/c1-5-18-11(10(13)8(2)15-18)12(19)16(3)9-6-7-14-17(9)4/h6-7H,5,13H2,1-4H3. The summed E-state index contributed by atoms with van der Waals surface area (Å²) in [5.41, 5.74) is 7.48. The Kier molecular flexibility index (Phi) is 3.28. The largest absolute Gasteiger partial charge is 0.395 e. The topological polar surface area (TPSA) is 82.0 Å². The van der Waals surface area contributed by atoms with E-state index in [0.29, 0.717) is 29.4 Å². The number of nitrogens with zero attached hydrogens (tertiary/aromatic N) is 5. The fourth-order valence-electron chi connectivity index (χ4n) is 2.01. The molecular formula is C12H18N6O. The number of anilines is 2. The molecule has 2 N–H and O–H groups in total. The molecule has 102 valence electrons. The zero-order valence-corrected chi connectivity index (χ0v) is 11.6. The summed E-state index contributed by atoms with van der Waals surface area (Å²) in [5, 5.41) is 8.31. The van der Waals surface area contributed by atoms with E-state index in [1.807, 2.05) is 6.92 Å². The van der Waals surface area contributed by atoms with Gasteiger partial charge in [0.25, 0.3) is 5.91 Å². The van der Waals surface area contributed by atoms with Gasteiger partial charge in [-0.25, -0.2) is 0 Å². The van der Waals surface area contributed by atoms with Crippen molar-refractivity contribution in [3.05, 3.63) is 23.7 Å². The van der Waals surface area contributed by atoms with Gasteiger partial charge >= 0.3 is 0 Å². The maximum absolute atomic E-state index is 12.6. The lowest BCUT2D eigenvalue weighted by Crippen LogP contribution is -2.30. The molecule has 0 saturated carbocycles. The van der Waals surface area contributed by atoms with Crippen molar-refractivity contribution in [1.82, 2.24) is 19.6 Å². The molecule has 0 bridgehead atoms. The van der Waals surface area contributed by atoms with E-state index in [-0.39, 0.29) is 5.91 Å². The zero-order valence-electron chi connectivity index (χ0n) is 11.6. The van der Waals surface area contributed by atoms with Gasteiger partial charge in [0.2, 0.25) is 0 Å². The lowest BCUT2D eigenvalue weighted by Gasteiger charge is -2.17. The Labute approximate surface area is 111 Å². The van der Waals surface area contributed by atoms with E-state index in [1.54, 1.807) is 42.6 Å². The molecule has 0 aliphatic carbocycles. The van der Waals surface area contributed by atoms with Gasteiger partial charge in [-0.3, -0.25) is 19.1 Å². The molecule has 2 heterocycles. The van der Waals surface area contributed by atoms with Crippen LogP contribution in [0.25, 0.3) is 0 Å². The first-order valence-electron chi connectivity index (χ1n) is 6.06. The molecule has 19 heavy (non-hydrogen) atoms. The molecule has 7 nitrogen and oxygen atoms in total. The summed E-state index contributed by atoms with van der Waals surface area (Å²) < 4.78 is 3.26. The molecule has 2 rings (SSSR count). The minimum Gasteiger partial charge on any atom is -0.395 e. The summed E-state index contributed by atoms with van der Waals surface area (Å²) in [6.07, 6.45) is 1.64. The van der Waals surface area contributed by atoms with Crippen LogP contribution in [0.5, 0.6) is 0 Å². The van der Waals surface area contributed by atoms with Crippen LogP contribution in [0.2, 0.25) is 0 Å². The molecule has 0 aliphatic rings. The number of carbonyl (C=O) groups is 1. The maximum atomic E-state index is 12.6. The number of hydrogen-bond acceptors (Lipinski definition) is 4. The number of hydrogen-bond donors (Lipinski definition) is 1. The monoisotopic (exact) mass is 262 g/mol. The third kappa shape index (κ3) is 2.07. The summed E-state index contributed by atoms with van der Waals surface area (Å²) in [6.45, 7) is 4.31. The third-order valence-corrected chi connectivity index (χ3v) is 3.12. The number of aromatic nitrogens is 4. The Hall–Kier alpha value is -2.31. The second-order valence-electron chi connectivity index (χ2n) is 4.34. The molecule has 0 aromatic carbocycles. The SMILES string of the molecule is CCn1nc(C)c(N)c1C(=O)N(C)c1ccnn1C. The second-order valence-corrected chi connectivity index (χ2v) is 4.34. The van der Waals surface area contributed by atoms with Crippen molar-refractivity contribution < 1.29 is 4.79 Å². The third-order valence-electron chi connectivity index (χ3n) is 3.12. The van der Waals surface area contributed by atoms with Crippen LogP contribution in [0.1, 0.15) is 23.1 Å². The van der Waals surface area contributed by atoms with E-state index in [9.17, 15) is 4.79 Å². The summed E-state index contributed by atoms with van der Waals surface area (Å²) in [4.78, 5) is 14.1. The average Bonchev–Trinajstić information content (AvgIpc) is 2.93. The summed E-state index contributed by atoms with van der Waals surface area (Å²) in [5.74, 6) is 0.509. The van der Waals surface area contributed by atoms with E-state index in [1.165, 1.54) is 4.90 Å². The van der Waals surface area contributed by atoms with Gasteiger partial charge < -0.3 is 5.73 Å². The van der Waals surface area contributed by atoms with Crippen molar-refractivity contribution in [3.63, 3.8) is 0 Å². The molecule has 0 fully saturated rings. The van der Waals surface area contributed by atoms with Crippen LogP contribution >= 0.6 is 0 Å². The van der Waals surface area contributed by atoms with Gasteiger partial charge in [0.15, 0.2) is 0 Å². The first-order valence-corrected chi connectivity index (χ1v) is 6.06.